The van der Waals surface area contributed by atoms with Gasteiger partial charge in [-0.25, -0.2) is 4.39 Å². The van der Waals surface area contributed by atoms with Crippen LogP contribution in [0.25, 0.3) is 17.4 Å². The van der Waals surface area contributed by atoms with Gasteiger partial charge in [-0.05, 0) is 42.1 Å². The van der Waals surface area contributed by atoms with Crippen LogP contribution in [0.2, 0.25) is 0 Å². The summed E-state index contributed by atoms with van der Waals surface area (Å²) >= 11 is 0.617. The standard InChI is InChI=1S/C22H14FN3O6S/c23-15-6-2-3-7-16(15)24-20(27)12-25-21(28)19(33-22(25)29)11-13-9-10-18(32-13)14-5-1-4-8-17(14)26(30)31/h1-11H,12H2,(H,24,27). The summed E-state index contributed by atoms with van der Waals surface area (Å²) in [7, 11) is 0. The summed E-state index contributed by atoms with van der Waals surface area (Å²) in [4.78, 5) is 48.5. The Morgan fingerprint density at radius 1 is 1.12 bits per heavy atom. The lowest BCUT2D eigenvalue weighted by Gasteiger charge is -2.12. The molecule has 2 heterocycles. The number of nitro groups is 1. The van der Waals surface area contributed by atoms with E-state index in [-0.39, 0.29) is 33.4 Å². The van der Waals surface area contributed by atoms with Crippen LogP contribution in [0.1, 0.15) is 5.76 Å². The summed E-state index contributed by atoms with van der Waals surface area (Å²) in [5, 5.41) is 12.9. The molecule has 9 nitrogen and oxygen atoms in total. The van der Waals surface area contributed by atoms with Crippen molar-refractivity contribution in [2.45, 2.75) is 0 Å². The molecule has 0 bridgehead atoms. The van der Waals surface area contributed by atoms with Crippen molar-refractivity contribution in [3.05, 3.63) is 87.3 Å². The zero-order valence-corrected chi connectivity index (χ0v) is 17.5. The first-order valence-electron chi connectivity index (χ1n) is 9.47. The maximum atomic E-state index is 13.7. The molecule has 3 amide bonds. The third-order valence-corrected chi connectivity index (χ3v) is 5.50. The molecular formula is C22H14FN3O6S. The van der Waals surface area contributed by atoms with Gasteiger partial charge in [0.1, 0.15) is 23.9 Å². The predicted octanol–water partition coefficient (Wildman–Crippen LogP) is 4.67. The number of para-hydroxylation sites is 2. The highest BCUT2D eigenvalue weighted by Crippen LogP contribution is 2.35. The number of nitrogens with zero attached hydrogens (tertiary/aromatic N) is 2. The molecule has 1 aromatic heterocycles. The molecule has 2 aromatic carbocycles. The second-order valence-corrected chi connectivity index (χ2v) is 7.77. The van der Waals surface area contributed by atoms with E-state index >= 15 is 0 Å². The lowest BCUT2D eigenvalue weighted by atomic mass is 10.1. The van der Waals surface area contributed by atoms with Crippen molar-refractivity contribution in [2.24, 2.45) is 0 Å². The highest BCUT2D eigenvalue weighted by atomic mass is 32.2. The molecule has 1 aliphatic rings. The van der Waals surface area contributed by atoms with Crippen LogP contribution in [0.3, 0.4) is 0 Å². The van der Waals surface area contributed by atoms with Crippen molar-refractivity contribution in [1.82, 2.24) is 4.90 Å². The number of benzene rings is 2. The molecule has 0 saturated carbocycles. The molecular weight excluding hydrogens is 453 g/mol. The molecule has 0 aliphatic carbocycles. The van der Waals surface area contributed by atoms with E-state index in [1.54, 1.807) is 6.07 Å². The Kier molecular flexibility index (Phi) is 6.05. The Balaban J connectivity index is 1.49. The fourth-order valence-corrected chi connectivity index (χ4v) is 3.90. The summed E-state index contributed by atoms with van der Waals surface area (Å²) in [6.45, 7) is -0.587. The average molecular weight is 467 g/mol. The van der Waals surface area contributed by atoms with Crippen molar-refractivity contribution < 1.29 is 28.1 Å². The van der Waals surface area contributed by atoms with E-state index in [1.165, 1.54) is 60.7 Å². The van der Waals surface area contributed by atoms with Crippen LogP contribution >= 0.6 is 11.8 Å². The van der Waals surface area contributed by atoms with Gasteiger partial charge in [-0.3, -0.25) is 29.4 Å². The number of carbonyl (C=O) groups excluding carboxylic acids is 3. The number of hydrogen-bond donors (Lipinski definition) is 1. The first kappa shape index (κ1) is 22.0. The van der Waals surface area contributed by atoms with Gasteiger partial charge in [-0.2, -0.15) is 0 Å². The van der Waals surface area contributed by atoms with Crippen molar-refractivity contribution in [2.75, 3.05) is 11.9 Å². The van der Waals surface area contributed by atoms with Crippen molar-refractivity contribution in [3.8, 4) is 11.3 Å². The summed E-state index contributed by atoms with van der Waals surface area (Å²) in [5.74, 6) is -1.67. The first-order chi connectivity index (χ1) is 15.8. The SMILES string of the molecule is O=C(CN1C(=O)SC(=Cc2ccc(-c3ccccc3[N+](=O)[O-])o2)C1=O)Nc1ccccc1F. The highest BCUT2D eigenvalue weighted by molar-refractivity contribution is 8.18. The van der Waals surface area contributed by atoms with Crippen LogP contribution < -0.4 is 5.32 Å². The molecule has 1 saturated heterocycles. The van der Waals surface area contributed by atoms with Gasteiger partial charge in [0.15, 0.2) is 0 Å². The summed E-state index contributed by atoms with van der Waals surface area (Å²) in [6, 6.07) is 14.6. The fraction of sp³-hybridized carbons (Fsp3) is 0.0455. The minimum absolute atomic E-state index is 0.0159. The normalized spacial score (nSPS) is 14.7. The lowest BCUT2D eigenvalue weighted by Crippen LogP contribution is -2.36. The van der Waals surface area contributed by atoms with Crippen LogP contribution in [0.15, 0.2) is 70.0 Å². The van der Waals surface area contributed by atoms with Gasteiger partial charge in [0.05, 0.1) is 21.1 Å². The third kappa shape index (κ3) is 4.67. The van der Waals surface area contributed by atoms with Crippen molar-refractivity contribution >= 4 is 46.3 Å². The monoisotopic (exact) mass is 467 g/mol. The predicted molar refractivity (Wildman–Crippen MR) is 119 cm³/mol. The van der Waals surface area contributed by atoms with Gasteiger partial charge in [-0.1, -0.05) is 24.3 Å². The number of rotatable bonds is 6. The van der Waals surface area contributed by atoms with Gasteiger partial charge in [-0.15, -0.1) is 0 Å². The number of hydrogen-bond acceptors (Lipinski definition) is 7. The summed E-state index contributed by atoms with van der Waals surface area (Å²) in [5.41, 5.74) is 0.0581. The van der Waals surface area contributed by atoms with E-state index in [1.807, 2.05) is 0 Å². The van der Waals surface area contributed by atoms with Gasteiger partial charge >= 0.3 is 0 Å². The molecule has 4 rings (SSSR count). The fourth-order valence-electron chi connectivity index (χ4n) is 3.08. The molecule has 166 valence electrons. The number of imide groups is 1. The van der Waals surface area contributed by atoms with Crippen LogP contribution in [0.5, 0.6) is 0 Å². The topological polar surface area (TPSA) is 123 Å². The Hall–Kier alpha value is -4.25. The largest absolute Gasteiger partial charge is 0.456 e. The van der Waals surface area contributed by atoms with Gasteiger partial charge in [0.2, 0.25) is 5.91 Å². The zero-order valence-electron chi connectivity index (χ0n) is 16.7. The van der Waals surface area contributed by atoms with E-state index in [4.69, 9.17) is 4.42 Å². The molecule has 33 heavy (non-hydrogen) atoms. The molecule has 0 unspecified atom stereocenters. The Labute approximate surface area is 190 Å². The number of carbonyl (C=O) groups is 3. The van der Waals surface area contributed by atoms with Crippen molar-refractivity contribution in [3.63, 3.8) is 0 Å². The lowest BCUT2D eigenvalue weighted by molar-refractivity contribution is -0.384. The zero-order chi connectivity index (χ0) is 23.5. The van der Waals surface area contributed by atoms with Crippen molar-refractivity contribution in [1.29, 1.82) is 0 Å². The highest BCUT2D eigenvalue weighted by Gasteiger charge is 2.36. The number of halogens is 1. The van der Waals surface area contributed by atoms with Crippen LogP contribution in [0.4, 0.5) is 20.6 Å². The number of anilines is 1. The second-order valence-electron chi connectivity index (χ2n) is 6.77. The number of amides is 3. The van der Waals surface area contributed by atoms with Crippen LogP contribution in [0, 0.1) is 15.9 Å². The molecule has 1 fully saturated rings. The van der Waals surface area contributed by atoms with Crippen LogP contribution in [-0.2, 0) is 9.59 Å². The van der Waals surface area contributed by atoms with E-state index in [2.05, 4.69) is 5.32 Å². The second kappa shape index (κ2) is 9.09. The maximum Gasteiger partial charge on any atom is 0.294 e. The van der Waals surface area contributed by atoms with E-state index in [9.17, 15) is 28.9 Å². The number of furan rings is 1. The first-order valence-corrected chi connectivity index (χ1v) is 10.3. The van der Waals surface area contributed by atoms with E-state index in [0.717, 1.165) is 4.90 Å². The molecule has 0 radical (unpaired) electrons. The average Bonchev–Trinajstić information content (AvgIpc) is 3.35. The minimum atomic E-state index is -0.736. The molecule has 11 heteroatoms. The van der Waals surface area contributed by atoms with E-state index in [0.29, 0.717) is 11.8 Å². The number of nitro benzene ring substituents is 1. The summed E-state index contributed by atoms with van der Waals surface area (Å²) in [6.07, 6.45) is 1.32. The quantitative estimate of drug-likeness (QED) is 0.317. The van der Waals surface area contributed by atoms with Crippen LogP contribution in [-0.4, -0.2) is 33.4 Å². The third-order valence-electron chi connectivity index (χ3n) is 4.59. The number of thioether (sulfide) groups is 1. The van der Waals surface area contributed by atoms with Gasteiger partial charge < -0.3 is 9.73 Å². The molecule has 1 N–H and O–H groups in total. The maximum absolute atomic E-state index is 13.7. The smallest absolute Gasteiger partial charge is 0.294 e. The summed E-state index contributed by atoms with van der Waals surface area (Å²) < 4.78 is 19.3. The molecule has 0 atom stereocenters. The number of nitrogens with one attached hydrogen (secondary N) is 1. The molecule has 0 spiro atoms. The Morgan fingerprint density at radius 2 is 1.85 bits per heavy atom. The molecule has 1 aliphatic heterocycles. The van der Waals surface area contributed by atoms with Gasteiger partial charge in [0.25, 0.3) is 16.8 Å². The van der Waals surface area contributed by atoms with Gasteiger partial charge in [0, 0.05) is 12.1 Å². The minimum Gasteiger partial charge on any atom is -0.456 e. The Morgan fingerprint density at radius 3 is 2.61 bits per heavy atom. The van der Waals surface area contributed by atoms with E-state index < -0.39 is 34.3 Å². The molecule has 3 aromatic rings. The Bertz CT molecular complexity index is 1320.